The summed E-state index contributed by atoms with van der Waals surface area (Å²) in [6.07, 6.45) is -10.1. The lowest BCUT2D eigenvalue weighted by atomic mass is 9.92. The maximum Gasteiger partial charge on any atom is 0.472 e. The van der Waals surface area contributed by atoms with Crippen molar-refractivity contribution in [2.45, 2.75) is 361 Å². The molecule has 0 saturated carbocycles. The second-order valence-corrected chi connectivity index (χ2v) is 41.0. The highest BCUT2D eigenvalue weighted by Crippen LogP contribution is 2.51. The van der Waals surface area contributed by atoms with E-state index in [0.29, 0.717) is 96.3 Å². The fourth-order valence-electron chi connectivity index (χ4n) is 16.7. The minimum atomic E-state index is -5.41. The highest BCUT2D eigenvalue weighted by atomic mass is 31.2. The minimum absolute atomic E-state index is 0.00428. The van der Waals surface area contributed by atoms with Crippen molar-refractivity contribution in [2.24, 2.45) is 17.8 Å². The number of hydrogen-bond acceptors (Lipinski definition) is 42. The molecule has 6 saturated heterocycles. The number of hydrogen-bond donors (Lipinski definition) is 13. The number of nitrogens with one attached hydrogen (secondary N) is 1. The van der Waals surface area contributed by atoms with Crippen LogP contribution >= 0.6 is 23.2 Å². The molecule has 45 nitrogen and oxygen atoms in total. The largest absolute Gasteiger partial charge is 0.789 e. The number of unbranched alkanes of at least 4 members (excludes halogenated alkanes) is 9. The van der Waals surface area contributed by atoms with Gasteiger partial charge in [-0.25, -0.2) is 4.57 Å². The first-order chi connectivity index (χ1) is 65.7. The van der Waals surface area contributed by atoms with Gasteiger partial charge in [0.1, 0.15) is 108 Å². The second kappa shape index (κ2) is 66.6. The summed E-state index contributed by atoms with van der Waals surface area (Å²) in [5, 5.41) is 111. The third-order valence-electron chi connectivity index (χ3n) is 24.9. The van der Waals surface area contributed by atoms with Crippen LogP contribution in [0.3, 0.4) is 0 Å². The molecule has 804 valence electrons. The van der Waals surface area contributed by atoms with Crippen LogP contribution in [0.2, 0.25) is 0 Å². The fraction of sp³-hybridized carbons (Fsp3) is 0.900. The van der Waals surface area contributed by atoms with Gasteiger partial charge in [-0.3, -0.25) is 52.0 Å². The van der Waals surface area contributed by atoms with Crippen LogP contribution in [0.15, 0.2) is 0 Å². The number of methoxy groups -OCH3 is 1. The fourth-order valence-corrected chi connectivity index (χ4v) is 19.1. The molecule has 0 aromatic rings. The third kappa shape index (κ3) is 45.8. The molecule has 0 bridgehead atoms. The van der Waals surface area contributed by atoms with Crippen molar-refractivity contribution in [3.8, 4) is 0 Å². The quantitative estimate of drug-likeness (QED) is 0.0234. The Morgan fingerprint density at radius 2 is 0.819 bits per heavy atom. The summed E-state index contributed by atoms with van der Waals surface area (Å²) < 4.78 is 135. The maximum absolute atomic E-state index is 14.6. The van der Waals surface area contributed by atoms with Gasteiger partial charge < -0.3 is 161 Å². The zero-order valence-corrected chi connectivity index (χ0v) is 84.0. The first kappa shape index (κ1) is 125. The number of β-amino-alcohol motifs (C(OH)–C–C–N with tert-alkyl or cyclic N) is 1. The summed E-state index contributed by atoms with van der Waals surface area (Å²) in [4.78, 5) is 146. The lowest BCUT2D eigenvalue weighted by Gasteiger charge is -2.40. The average Bonchev–Trinajstić information content (AvgIpc) is 1.54. The van der Waals surface area contributed by atoms with Crippen LogP contribution in [0.1, 0.15) is 227 Å². The van der Waals surface area contributed by atoms with E-state index in [1.807, 2.05) is 0 Å². The Morgan fingerprint density at radius 1 is 0.435 bits per heavy atom. The van der Waals surface area contributed by atoms with Crippen molar-refractivity contribution in [2.75, 3.05) is 140 Å². The van der Waals surface area contributed by atoms with Crippen molar-refractivity contribution in [1.82, 2.24) is 10.2 Å². The number of aliphatic hydroxyl groups is 11. The van der Waals surface area contributed by atoms with Crippen molar-refractivity contribution in [3.63, 3.8) is 0 Å². The molecule has 6 heterocycles. The number of likely N-dealkylation sites (tertiary alicyclic amines) is 1. The second-order valence-electron chi connectivity index (χ2n) is 36.3. The Morgan fingerprint density at radius 3 is 1.20 bits per heavy atom. The van der Waals surface area contributed by atoms with E-state index in [2.05, 4.69) is 11.6 Å². The van der Waals surface area contributed by atoms with Crippen LogP contribution in [0, 0.1) is 17.8 Å². The van der Waals surface area contributed by atoms with Crippen LogP contribution in [0.25, 0.3) is 0 Å². The average molecular weight is 2050 g/mol. The summed E-state index contributed by atoms with van der Waals surface area (Å²) in [5.74, 6) is -4.02. The Balaban J connectivity index is 0.0000167. The molecule has 6 aliphatic rings. The highest BCUT2D eigenvalue weighted by Gasteiger charge is 2.51. The Kier molecular flexibility index (Phi) is 60.2. The predicted octanol–water partition coefficient (Wildman–Crippen LogP) is 1.66. The monoisotopic (exact) mass is 2050 g/mol. The molecule has 0 radical (unpaired) electrons. The molecule has 2 amide bonds. The smallest absolute Gasteiger partial charge is 0.472 e. The Labute approximate surface area is 809 Å². The molecular weight excluding hydrogens is 1890 g/mol. The summed E-state index contributed by atoms with van der Waals surface area (Å²) in [7, 11) is -10.8. The van der Waals surface area contributed by atoms with E-state index < -0.39 is 253 Å². The summed E-state index contributed by atoms with van der Waals surface area (Å²) >= 11 is 0. The molecule has 0 spiro atoms. The molecule has 9 unspecified atom stereocenters. The van der Waals surface area contributed by atoms with Crippen LogP contribution in [-0.2, 0) is 136 Å². The lowest BCUT2D eigenvalue weighted by molar-refractivity contribution is -0.282. The van der Waals surface area contributed by atoms with E-state index in [-0.39, 0.29) is 184 Å². The number of aliphatic hydroxyl groups excluding tert-OH is 11. The topological polar surface area (TPSA) is 650 Å². The number of ketones is 6. The SMILES string of the molecule is C=P([O-])(OC)OC[C@H]1O[C@@H](C)[C@H](OCCOC)[C@@H]1OP(=O)(O)OC[C@H]1O[C@@H](C)C[C@@H]1OP(=O)([O-])OC[C@@H]1C[C@@H](O)CN1C(=O)CC(=O)NC(COCCC(=O)CCCCCC(=O)CCCCO[C@@H]1OC(CO)[C@H](O)[C@H](O)C1C)(COCCC(=O)CCCCCC(=O)CCCCO[C@@H]1OC(CO)[C@H](O)[C@H](O)C1C)COCCC(=O)CCCCCC(=O)CCCCO[C@@H]1OC(CO)[C@H](O)[C@H](O)C1C.CO. The van der Waals surface area contributed by atoms with Crippen molar-refractivity contribution in [3.05, 3.63) is 0 Å². The lowest BCUT2D eigenvalue weighted by Crippen LogP contribution is -2.59. The summed E-state index contributed by atoms with van der Waals surface area (Å²) in [6.45, 7) is 3.08. The highest BCUT2D eigenvalue weighted by molar-refractivity contribution is 7.57. The first-order valence-corrected chi connectivity index (χ1v) is 53.0. The van der Waals surface area contributed by atoms with E-state index in [1.54, 1.807) is 34.6 Å². The van der Waals surface area contributed by atoms with Gasteiger partial charge in [0, 0.05) is 156 Å². The molecule has 6 fully saturated rings. The van der Waals surface area contributed by atoms with Crippen LogP contribution < -0.4 is 15.1 Å². The van der Waals surface area contributed by atoms with Crippen LogP contribution in [0.4, 0.5) is 0 Å². The van der Waals surface area contributed by atoms with Crippen molar-refractivity contribution >= 4 is 76.0 Å². The van der Waals surface area contributed by atoms with Gasteiger partial charge >= 0.3 is 7.82 Å². The first-order valence-electron chi connectivity index (χ1n) is 48.3. The van der Waals surface area contributed by atoms with Gasteiger partial charge in [-0.2, -0.15) is 0 Å². The zero-order chi connectivity index (χ0) is 102. The molecule has 48 heteroatoms. The van der Waals surface area contributed by atoms with Gasteiger partial charge in [-0.15, -0.1) is 0 Å². The van der Waals surface area contributed by atoms with E-state index in [0.717, 1.165) is 19.1 Å². The number of carbonyl (C=O) groups excluding carboxylic acids is 8. The molecule has 27 atom stereocenters. The number of carbonyl (C=O) groups is 8. The van der Waals surface area contributed by atoms with E-state index in [9.17, 15) is 113 Å². The number of rotatable bonds is 75. The zero-order valence-electron chi connectivity index (χ0n) is 81.3. The van der Waals surface area contributed by atoms with Crippen LogP contribution in [-0.4, -0.2) is 393 Å². The standard InChI is InChI=1S/C89H156N2O42P3.CH4O/c1-57-44-70(74(127-57)52-126-136(113,114)133-85-75(53-124-134(8,110)116-7)128-61(5)84(85)120-43-42-115-6)132-135(111,112)125-51-62-45-69(101)47-91(62)77(103)46-76(102)90-89(54-117-39-33-66(98)27-15-9-12-24-63(95)30-18-21-36-121-86-58(2)78(104)81(107)71(48-92)129-86,55-118-40-34-67(99)28-16-10-13-25-64(96)31-19-22-37-122-87-59(3)79(105)82(108)72(49-93)130-87)56-119-41-35-68(100)29-17-11-14-26-65(97)32-20-23-38-123-88-60(4)80(106)83(109)73(50-94)131-88;1-2/h57-62,69-75,78-88,92-94,101,104-109H,8-56H2,1-7H3,(H3-,90,102,110,111,112,113,114);2H,1H3/q-1;/p-1/t57-,58?,59?,60?,61-,62-,69+,70-,71?,72?,73?,74+,75+,78+,79+,80+,81-,82-,83-,84-,85+,86+,87+,88+,89?,134?;/m0./s1. The Bertz CT molecular complexity index is 3440. The number of phosphoric ester groups is 2. The molecular formula is C90H159N2O43P3-2. The molecule has 0 aliphatic carbocycles. The maximum atomic E-state index is 14.6. The van der Waals surface area contributed by atoms with Crippen molar-refractivity contribution in [1.29, 1.82) is 0 Å². The van der Waals surface area contributed by atoms with Gasteiger partial charge in [-0.1, -0.05) is 46.3 Å². The minimum Gasteiger partial charge on any atom is -0.789 e. The molecule has 6 aliphatic heterocycles. The van der Waals surface area contributed by atoms with E-state index in [1.165, 1.54) is 7.11 Å². The van der Waals surface area contributed by atoms with Crippen molar-refractivity contribution < 1.29 is 207 Å². The van der Waals surface area contributed by atoms with E-state index in [4.69, 9.17) is 93.8 Å². The molecule has 13 N–H and O–H groups in total. The summed E-state index contributed by atoms with van der Waals surface area (Å²) in [5.41, 5.74) is -1.73. The Hall–Kier alpha value is -3.60. The van der Waals surface area contributed by atoms with E-state index >= 15 is 0 Å². The number of phosphoric acid groups is 2. The van der Waals surface area contributed by atoms with Gasteiger partial charge in [0.25, 0.3) is 7.82 Å². The van der Waals surface area contributed by atoms with Gasteiger partial charge in [0.05, 0.1) is 141 Å². The van der Waals surface area contributed by atoms with Gasteiger partial charge in [0.15, 0.2) is 18.9 Å². The number of nitrogens with zero attached hydrogens (tertiary/aromatic N) is 1. The third-order valence-corrected chi connectivity index (χ3v) is 28.0. The normalized spacial score (nSPS) is 30.1. The number of Topliss-reactive ketones (excluding diaryl/α,β-unsaturated/α-hetero) is 6. The van der Waals surface area contributed by atoms with Gasteiger partial charge in [-0.05, 0) is 97.3 Å². The summed E-state index contributed by atoms with van der Waals surface area (Å²) in [6, 6.07) is -1.18. The van der Waals surface area contributed by atoms with Gasteiger partial charge in [0.2, 0.25) is 11.8 Å². The van der Waals surface area contributed by atoms with Crippen LogP contribution in [0.5, 0.6) is 0 Å². The number of ether oxygens (including phenoxy) is 13. The molecule has 138 heavy (non-hydrogen) atoms. The molecule has 6 rings (SSSR count). The number of amides is 2. The predicted molar refractivity (Wildman–Crippen MR) is 487 cm³/mol. The molecule has 0 aromatic heterocycles. The molecule has 0 aromatic carbocycles.